The Bertz CT molecular complexity index is 539. The molecule has 0 atom stereocenters. The van der Waals surface area contributed by atoms with Crippen LogP contribution in [-0.4, -0.2) is 23.6 Å². The maximum Gasteiger partial charge on any atom is 0.138 e. The van der Waals surface area contributed by atoms with Gasteiger partial charge in [-0.15, -0.1) is 0 Å². The highest BCUT2D eigenvalue weighted by Crippen LogP contribution is 2.23. The molecule has 1 heterocycles. The number of aromatic nitrogens is 2. The van der Waals surface area contributed by atoms with Gasteiger partial charge in [-0.2, -0.15) is 0 Å². The van der Waals surface area contributed by atoms with Gasteiger partial charge in [0.25, 0.3) is 0 Å². The molecule has 0 unspecified atom stereocenters. The first-order chi connectivity index (χ1) is 9.70. The lowest BCUT2D eigenvalue weighted by Crippen LogP contribution is -2.13. The van der Waals surface area contributed by atoms with Crippen LogP contribution in [0.15, 0.2) is 36.4 Å². The molecule has 0 saturated heterocycles. The first-order valence-electron chi connectivity index (χ1n) is 7.09. The molecule has 0 saturated carbocycles. The van der Waals surface area contributed by atoms with Gasteiger partial charge in [0.1, 0.15) is 17.5 Å². The van der Waals surface area contributed by atoms with E-state index < -0.39 is 0 Å². The molecule has 1 aromatic heterocycles. The summed E-state index contributed by atoms with van der Waals surface area (Å²) in [6.45, 7) is 5.05. The Labute approximate surface area is 120 Å². The van der Waals surface area contributed by atoms with E-state index in [0.717, 1.165) is 36.1 Å². The second-order valence-electron chi connectivity index (χ2n) is 4.83. The number of benzene rings is 1. The minimum absolute atomic E-state index is 0.782. The molecule has 4 nitrogen and oxygen atoms in total. The van der Waals surface area contributed by atoms with E-state index in [0.29, 0.717) is 0 Å². The van der Waals surface area contributed by atoms with Crippen LogP contribution in [-0.2, 0) is 0 Å². The van der Waals surface area contributed by atoms with Gasteiger partial charge in [-0.25, -0.2) is 9.97 Å². The average Bonchev–Trinajstić information content (AvgIpc) is 2.47. The summed E-state index contributed by atoms with van der Waals surface area (Å²) < 4.78 is 0. The van der Waals surface area contributed by atoms with Crippen molar-refractivity contribution in [3.05, 3.63) is 42.2 Å². The number of aryl methyl sites for hydroxylation is 1. The van der Waals surface area contributed by atoms with E-state index in [1.54, 1.807) is 0 Å². The standard InChI is InChI=1S/C16H22N4/c1-4-5-11-17-15-12-16(19-13(2)18-15)20(3)14-9-7-6-8-10-14/h6-10,12H,4-5,11H2,1-3H3,(H,17,18,19). The van der Waals surface area contributed by atoms with E-state index in [9.17, 15) is 0 Å². The molecule has 2 aromatic rings. The van der Waals surface area contributed by atoms with Crippen molar-refractivity contribution in [1.29, 1.82) is 0 Å². The Morgan fingerprint density at radius 3 is 2.60 bits per heavy atom. The second-order valence-corrected chi connectivity index (χ2v) is 4.83. The molecule has 1 aromatic carbocycles. The molecule has 4 heteroatoms. The van der Waals surface area contributed by atoms with Crippen LogP contribution in [0.4, 0.5) is 17.3 Å². The molecule has 106 valence electrons. The highest BCUT2D eigenvalue weighted by molar-refractivity contribution is 5.61. The van der Waals surface area contributed by atoms with Crippen molar-refractivity contribution in [2.45, 2.75) is 26.7 Å². The largest absolute Gasteiger partial charge is 0.370 e. The van der Waals surface area contributed by atoms with Crippen LogP contribution < -0.4 is 10.2 Å². The van der Waals surface area contributed by atoms with Crippen molar-refractivity contribution in [3.63, 3.8) is 0 Å². The van der Waals surface area contributed by atoms with Crippen LogP contribution in [0.25, 0.3) is 0 Å². The van der Waals surface area contributed by atoms with Gasteiger partial charge in [0.15, 0.2) is 0 Å². The molecule has 0 aliphatic rings. The third-order valence-electron chi connectivity index (χ3n) is 3.15. The molecule has 0 radical (unpaired) electrons. The Balaban J connectivity index is 2.19. The number of anilines is 3. The maximum absolute atomic E-state index is 4.51. The second kappa shape index (κ2) is 6.89. The quantitative estimate of drug-likeness (QED) is 0.811. The monoisotopic (exact) mass is 270 g/mol. The molecular formula is C16H22N4. The fourth-order valence-corrected chi connectivity index (χ4v) is 1.99. The van der Waals surface area contributed by atoms with E-state index in [1.807, 2.05) is 38.2 Å². The predicted octanol–water partition coefficient (Wildman–Crippen LogP) is 3.76. The molecule has 20 heavy (non-hydrogen) atoms. The lowest BCUT2D eigenvalue weighted by Gasteiger charge is -2.19. The Morgan fingerprint density at radius 2 is 1.90 bits per heavy atom. The SMILES string of the molecule is CCCCNc1cc(N(C)c2ccccc2)nc(C)n1. The number of nitrogens with one attached hydrogen (secondary N) is 1. The molecular weight excluding hydrogens is 248 g/mol. The Hall–Kier alpha value is -2.10. The van der Waals surface area contributed by atoms with Crippen molar-refractivity contribution in [1.82, 2.24) is 9.97 Å². The van der Waals surface area contributed by atoms with Crippen LogP contribution in [0.1, 0.15) is 25.6 Å². The summed E-state index contributed by atoms with van der Waals surface area (Å²) in [6.07, 6.45) is 2.32. The van der Waals surface area contributed by atoms with Crippen molar-refractivity contribution in [3.8, 4) is 0 Å². The zero-order valence-corrected chi connectivity index (χ0v) is 12.4. The summed E-state index contributed by atoms with van der Waals surface area (Å²) in [4.78, 5) is 11.0. The van der Waals surface area contributed by atoms with Crippen LogP contribution >= 0.6 is 0 Å². The van der Waals surface area contributed by atoms with Gasteiger partial charge in [0.2, 0.25) is 0 Å². The van der Waals surface area contributed by atoms with Crippen molar-refractivity contribution in [2.24, 2.45) is 0 Å². The third kappa shape index (κ3) is 3.70. The van der Waals surface area contributed by atoms with Crippen molar-refractivity contribution in [2.75, 3.05) is 23.8 Å². The van der Waals surface area contributed by atoms with Crippen molar-refractivity contribution >= 4 is 17.3 Å². The molecule has 0 aliphatic heterocycles. The summed E-state index contributed by atoms with van der Waals surface area (Å²) in [5, 5.41) is 3.36. The highest BCUT2D eigenvalue weighted by atomic mass is 15.2. The lowest BCUT2D eigenvalue weighted by atomic mass is 10.3. The van der Waals surface area contributed by atoms with Crippen LogP contribution in [0.5, 0.6) is 0 Å². The van der Waals surface area contributed by atoms with Gasteiger partial charge in [-0.05, 0) is 25.5 Å². The summed E-state index contributed by atoms with van der Waals surface area (Å²) in [5.74, 6) is 2.58. The summed E-state index contributed by atoms with van der Waals surface area (Å²) in [7, 11) is 2.02. The zero-order valence-electron chi connectivity index (χ0n) is 12.4. The number of hydrogen-bond acceptors (Lipinski definition) is 4. The number of rotatable bonds is 6. The lowest BCUT2D eigenvalue weighted by molar-refractivity contribution is 0.828. The first kappa shape index (κ1) is 14.3. The summed E-state index contributed by atoms with van der Waals surface area (Å²) in [6, 6.07) is 12.2. The van der Waals surface area contributed by atoms with Gasteiger partial charge in [-0.1, -0.05) is 31.5 Å². The smallest absolute Gasteiger partial charge is 0.138 e. The van der Waals surface area contributed by atoms with Gasteiger partial charge in [0.05, 0.1) is 0 Å². The normalized spacial score (nSPS) is 10.3. The zero-order chi connectivity index (χ0) is 14.4. The Morgan fingerprint density at radius 1 is 1.15 bits per heavy atom. The minimum Gasteiger partial charge on any atom is -0.370 e. The van der Waals surface area contributed by atoms with Crippen LogP contribution in [0.3, 0.4) is 0 Å². The van der Waals surface area contributed by atoms with Gasteiger partial charge in [-0.3, -0.25) is 0 Å². The van der Waals surface area contributed by atoms with Crippen molar-refractivity contribution < 1.29 is 0 Å². The molecule has 0 spiro atoms. The topological polar surface area (TPSA) is 41.0 Å². The molecule has 1 N–H and O–H groups in total. The van der Waals surface area contributed by atoms with Gasteiger partial charge < -0.3 is 10.2 Å². The first-order valence-corrected chi connectivity index (χ1v) is 7.09. The third-order valence-corrected chi connectivity index (χ3v) is 3.15. The fraction of sp³-hybridized carbons (Fsp3) is 0.375. The number of para-hydroxylation sites is 1. The van der Waals surface area contributed by atoms with E-state index in [-0.39, 0.29) is 0 Å². The fourth-order valence-electron chi connectivity index (χ4n) is 1.99. The number of nitrogens with zero attached hydrogens (tertiary/aromatic N) is 3. The molecule has 0 amide bonds. The van der Waals surface area contributed by atoms with Gasteiger partial charge in [0, 0.05) is 25.3 Å². The van der Waals surface area contributed by atoms with E-state index in [4.69, 9.17) is 0 Å². The van der Waals surface area contributed by atoms with Gasteiger partial charge >= 0.3 is 0 Å². The Kier molecular flexibility index (Phi) is 4.93. The predicted molar refractivity (Wildman–Crippen MR) is 84.7 cm³/mol. The summed E-state index contributed by atoms with van der Waals surface area (Å²) in [5.41, 5.74) is 1.12. The molecule has 0 aliphatic carbocycles. The van der Waals surface area contributed by atoms with E-state index in [2.05, 4.69) is 39.2 Å². The number of hydrogen-bond donors (Lipinski definition) is 1. The minimum atomic E-state index is 0.782. The summed E-state index contributed by atoms with van der Waals surface area (Å²) >= 11 is 0. The van der Waals surface area contributed by atoms with Crippen LogP contribution in [0.2, 0.25) is 0 Å². The average molecular weight is 270 g/mol. The van der Waals surface area contributed by atoms with E-state index >= 15 is 0 Å². The molecule has 0 bridgehead atoms. The highest BCUT2D eigenvalue weighted by Gasteiger charge is 2.08. The van der Waals surface area contributed by atoms with Crippen LogP contribution in [0, 0.1) is 6.92 Å². The number of unbranched alkanes of at least 4 members (excludes halogenated alkanes) is 1. The molecule has 0 fully saturated rings. The van der Waals surface area contributed by atoms with E-state index in [1.165, 1.54) is 6.42 Å². The molecule has 2 rings (SSSR count). The maximum atomic E-state index is 4.51.